The zero-order valence-corrected chi connectivity index (χ0v) is 14.9. The molecule has 3 nitrogen and oxygen atoms in total. The second kappa shape index (κ2) is 6.95. The van der Waals surface area contributed by atoms with Gasteiger partial charge in [-0.2, -0.15) is 0 Å². The number of hydrogen-bond acceptors (Lipinski definition) is 3. The Morgan fingerprint density at radius 3 is 2.65 bits per heavy atom. The van der Waals surface area contributed by atoms with Gasteiger partial charge in [-0.1, -0.05) is 45.2 Å². The van der Waals surface area contributed by atoms with E-state index < -0.39 is 0 Å². The van der Waals surface area contributed by atoms with Crippen molar-refractivity contribution in [3.63, 3.8) is 0 Å². The Balaban J connectivity index is 2.08. The van der Waals surface area contributed by atoms with Gasteiger partial charge >= 0.3 is 0 Å². The molecule has 3 aromatic rings. The van der Waals surface area contributed by atoms with Gasteiger partial charge in [-0.3, -0.25) is 4.79 Å². The van der Waals surface area contributed by atoms with Gasteiger partial charge in [-0.15, -0.1) is 0 Å². The number of rotatable bonds is 4. The summed E-state index contributed by atoms with van der Waals surface area (Å²) in [6.07, 6.45) is 1.43. The van der Waals surface area contributed by atoms with Gasteiger partial charge in [0.1, 0.15) is 17.6 Å². The van der Waals surface area contributed by atoms with Crippen LogP contribution in [0.15, 0.2) is 51.9 Å². The van der Waals surface area contributed by atoms with Crippen LogP contribution in [0, 0.1) is 0 Å². The number of benzene rings is 2. The fourth-order valence-electron chi connectivity index (χ4n) is 2.22. The number of hydrogen-bond donors (Lipinski definition) is 0. The fraction of sp³-hybridized carbons (Fsp3) is 0.118. The Kier molecular flexibility index (Phi) is 4.95. The standard InChI is InChI=1S/C17H11BrCl2O3/c18-5-6-22-11-2-3-12-16(8-11)23-9-13(17(12)21)10-1-4-14(19)15(20)7-10/h1-4,7-9H,5-6H2. The molecule has 2 aromatic carbocycles. The fourth-order valence-corrected chi connectivity index (χ4v) is 2.68. The van der Waals surface area contributed by atoms with E-state index in [-0.39, 0.29) is 5.43 Å². The molecule has 0 aliphatic carbocycles. The lowest BCUT2D eigenvalue weighted by Crippen LogP contribution is -2.05. The van der Waals surface area contributed by atoms with Crippen LogP contribution in [0.4, 0.5) is 0 Å². The minimum absolute atomic E-state index is 0.128. The molecule has 0 N–H and O–H groups in total. The highest BCUT2D eigenvalue weighted by Gasteiger charge is 2.11. The third-order valence-corrected chi connectivity index (χ3v) is 4.39. The first-order chi connectivity index (χ1) is 11.1. The van der Waals surface area contributed by atoms with Crippen molar-refractivity contribution in [3.8, 4) is 16.9 Å². The summed E-state index contributed by atoms with van der Waals surface area (Å²) in [4.78, 5) is 12.7. The normalized spacial score (nSPS) is 10.9. The molecule has 0 bridgehead atoms. The quantitative estimate of drug-likeness (QED) is 0.527. The average molecular weight is 414 g/mol. The minimum Gasteiger partial charge on any atom is -0.493 e. The molecule has 0 unspecified atom stereocenters. The summed E-state index contributed by atoms with van der Waals surface area (Å²) >= 11 is 15.2. The van der Waals surface area contributed by atoms with Crippen LogP contribution < -0.4 is 10.2 Å². The lowest BCUT2D eigenvalue weighted by molar-refractivity contribution is 0.345. The summed E-state index contributed by atoms with van der Waals surface area (Å²) in [5.74, 6) is 0.655. The first-order valence-electron chi connectivity index (χ1n) is 6.80. The monoisotopic (exact) mass is 412 g/mol. The molecule has 0 aliphatic rings. The molecular weight excluding hydrogens is 403 g/mol. The van der Waals surface area contributed by atoms with Gasteiger partial charge in [-0.05, 0) is 29.8 Å². The lowest BCUT2D eigenvalue weighted by Gasteiger charge is -2.07. The Morgan fingerprint density at radius 1 is 1.09 bits per heavy atom. The van der Waals surface area contributed by atoms with Crippen molar-refractivity contribution < 1.29 is 9.15 Å². The van der Waals surface area contributed by atoms with Crippen molar-refractivity contribution in [2.45, 2.75) is 0 Å². The molecule has 1 aromatic heterocycles. The zero-order valence-electron chi connectivity index (χ0n) is 11.8. The van der Waals surface area contributed by atoms with Crippen molar-refractivity contribution in [1.82, 2.24) is 0 Å². The second-order valence-corrected chi connectivity index (χ2v) is 6.41. The molecule has 0 saturated heterocycles. The molecule has 0 radical (unpaired) electrons. The van der Waals surface area contributed by atoms with Crippen molar-refractivity contribution in [2.75, 3.05) is 11.9 Å². The Morgan fingerprint density at radius 2 is 1.91 bits per heavy atom. The topological polar surface area (TPSA) is 39.4 Å². The van der Waals surface area contributed by atoms with Crippen molar-refractivity contribution >= 4 is 50.1 Å². The highest BCUT2D eigenvalue weighted by Crippen LogP contribution is 2.28. The predicted octanol–water partition coefficient (Wildman–Crippen LogP) is 5.54. The van der Waals surface area contributed by atoms with Crippen LogP contribution in [0.2, 0.25) is 10.0 Å². The first-order valence-corrected chi connectivity index (χ1v) is 8.67. The summed E-state index contributed by atoms with van der Waals surface area (Å²) in [6.45, 7) is 0.539. The van der Waals surface area contributed by atoms with E-state index in [9.17, 15) is 4.79 Å². The Labute approximate surface area is 150 Å². The van der Waals surface area contributed by atoms with Crippen molar-refractivity contribution in [3.05, 3.63) is 62.9 Å². The summed E-state index contributed by atoms with van der Waals surface area (Å²) in [5.41, 5.74) is 1.45. The molecule has 0 fully saturated rings. The maximum Gasteiger partial charge on any atom is 0.200 e. The third-order valence-electron chi connectivity index (χ3n) is 3.32. The van der Waals surface area contributed by atoms with Crippen LogP contribution in [-0.2, 0) is 0 Å². The molecule has 118 valence electrons. The Bertz CT molecular complexity index is 921. The summed E-state index contributed by atoms with van der Waals surface area (Å²) in [7, 11) is 0. The lowest BCUT2D eigenvalue weighted by atomic mass is 10.1. The molecule has 23 heavy (non-hydrogen) atoms. The van der Waals surface area contributed by atoms with Crippen LogP contribution >= 0.6 is 39.1 Å². The molecular formula is C17H11BrCl2O3. The number of alkyl halides is 1. The maximum absolute atomic E-state index is 12.7. The SMILES string of the molecule is O=c1c(-c2ccc(Cl)c(Cl)c2)coc2cc(OCCBr)ccc12. The van der Waals surface area contributed by atoms with E-state index >= 15 is 0 Å². The predicted molar refractivity (Wildman–Crippen MR) is 97.2 cm³/mol. The minimum atomic E-state index is -0.128. The van der Waals surface area contributed by atoms with Crippen LogP contribution in [0.3, 0.4) is 0 Å². The smallest absolute Gasteiger partial charge is 0.200 e. The van der Waals surface area contributed by atoms with Crippen molar-refractivity contribution in [1.29, 1.82) is 0 Å². The van der Waals surface area contributed by atoms with Gasteiger partial charge in [-0.25, -0.2) is 0 Å². The summed E-state index contributed by atoms with van der Waals surface area (Å²) < 4.78 is 11.1. The first kappa shape index (κ1) is 16.4. The van der Waals surface area contributed by atoms with Gasteiger partial charge < -0.3 is 9.15 Å². The van der Waals surface area contributed by atoms with E-state index in [0.717, 1.165) is 5.33 Å². The van der Waals surface area contributed by atoms with Gasteiger partial charge in [0.2, 0.25) is 0 Å². The van der Waals surface area contributed by atoms with Gasteiger partial charge in [0.25, 0.3) is 0 Å². The van der Waals surface area contributed by atoms with Crippen LogP contribution in [0.5, 0.6) is 5.75 Å². The van der Waals surface area contributed by atoms with E-state index in [2.05, 4.69) is 15.9 Å². The van der Waals surface area contributed by atoms with Crippen molar-refractivity contribution in [2.24, 2.45) is 0 Å². The maximum atomic E-state index is 12.7. The van der Waals surface area contributed by atoms with E-state index in [0.29, 0.717) is 44.5 Å². The Hall–Kier alpha value is -1.49. The summed E-state index contributed by atoms with van der Waals surface area (Å²) in [6, 6.07) is 10.2. The van der Waals surface area contributed by atoms with Gasteiger partial charge in [0, 0.05) is 11.4 Å². The molecule has 3 rings (SSSR count). The number of halogens is 3. The highest BCUT2D eigenvalue weighted by atomic mass is 79.9. The molecule has 0 spiro atoms. The molecule has 0 saturated carbocycles. The van der Waals surface area contributed by atoms with E-state index in [4.69, 9.17) is 32.4 Å². The van der Waals surface area contributed by atoms with Gasteiger partial charge in [0.15, 0.2) is 5.43 Å². The van der Waals surface area contributed by atoms with E-state index in [1.54, 1.807) is 36.4 Å². The molecule has 0 aliphatic heterocycles. The number of fused-ring (bicyclic) bond motifs is 1. The molecule has 1 heterocycles. The molecule has 6 heteroatoms. The number of ether oxygens (including phenoxy) is 1. The molecule has 0 amide bonds. The second-order valence-electron chi connectivity index (χ2n) is 4.80. The average Bonchev–Trinajstić information content (AvgIpc) is 2.56. The van der Waals surface area contributed by atoms with Crippen LogP contribution in [-0.4, -0.2) is 11.9 Å². The van der Waals surface area contributed by atoms with Gasteiger partial charge in [0.05, 0.1) is 27.6 Å². The van der Waals surface area contributed by atoms with E-state index in [1.807, 2.05) is 0 Å². The molecule has 0 atom stereocenters. The third kappa shape index (κ3) is 3.39. The van der Waals surface area contributed by atoms with Crippen LogP contribution in [0.25, 0.3) is 22.1 Å². The van der Waals surface area contributed by atoms with E-state index in [1.165, 1.54) is 6.26 Å². The zero-order chi connectivity index (χ0) is 16.4. The highest BCUT2D eigenvalue weighted by molar-refractivity contribution is 9.09. The summed E-state index contributed by atoms with van der Waals surface area (Å²) in [5, 5.41) is 2.04. The largest absolute Gasteiger partial charge is 0.493 e. The van der Waals surface area contributed by atoms with Crippen LogP contribution in [0.1, 0.15) is 0 Å².